The third kappa shape index (κ3) is 4.21. The van der Waals surface area contributed by atoms with E-state index in [1.807, 2.05) is 0 Å². The molecule has 34 heavy (non-hydrogen) atoms. The van der Waals surface area contributed by atoms with Crippen LogP contribution in [-0.2, 0) is 19.3 Å². The minimum atomic E-state index is -4.63. The van der Waals surface area contributed by atoms with Crippen LogP contribution in [0.4, 0.5) is 17.6 Å². The highest BCUT2D eigenvalue weighted by molar-refractivity contribution is 5.80. The average molecular weight is 467 g/mol. The molecule has 0 saturated carbocycles. The maximum atomic E-state index is 14.1. The highest BCUT2D eigenvalue weighted by atomic mass is 19.4. The molecule has 0 radical (unpaired) electrons. The molecule has 1 aliphatic heterocycles. The number of phenols is 1. The Bertz CT molecular complexity index is 1380. The van der Waals surface area contributed by atoms with Crippen molar-refractivity contribution < 1.29 is 22.7 Å². The van der Waals surface area contributed by atoms with E-state index in [0.29, 0.717) is 41.9 Å². The molecule has 3 heterocycles. The summed E-state index contributed by atoms with van der Waals surface area (Å²) in [5.74, 6) is -0.431. The van der Waals surface area contributed by atoms with Crippen molar-refractivity contribution in [2.24, 2.45) is 5.10 Å². The molecule has 0 saturated heterocycles. The highest BCUT2D eigenvalue weighted by Gasteiger charge is 2.34. The average Bonchev–Trinajstić information content (AvgIpc) is 3.22. The summed E-state index contributed by atoms with van der Waals surface area (Å²) < 4.78 is 54.2. The lowest BCUT2D eigenvalue weighted by Crippen LogP contribution is -2.21. The number of halogens is 4. The Labute approximate surface area is 191 Å². The Hall–Kier alpha value is -4.21. The van der Waals surface area contributed by atoms with Crippen LogP contribution < -0.4 is 0 Å². The maximum Gasteiger partial charge on any atom is 0.417 e. The number of aromatic nitrogens is 3. The Morgan fingerprint density at radius 2 is 1.85 bits per heavy atom. The first kappa shape index (κ1) is 21.6. The van der Waals surface area contributed by atoms with E-state index >= 15 is 0 Å². The number of H-pyrrole nitrogens is 1. The molecule has 4 aromatic rings. The van der Waals surface area contributed by atoms with Crippen LogP contribution in [0.5, 0.6) is 5.75 Å². The molecule has 6 nitrogen and oxygen atoms in total. The Balaban J connectivity index is 1.33. The highest BCUT2D eigenvalue weighted by Crippen LogP contribution is 2.38. The van der Waals surface area contributed by atoms with Gasteiger partial charge in [-0.15, -0.1) is 0 Å². The Morgan fingerprint density at radius 1 is 1.03 bits per heavy atom. The van der Waals surface area contributed by atoms with Crippen molar-refractivity contribution in [3.8, 4) is 28.4 Å². The van der Waals surface area contributed by atoms with Crippen LogP contribution in [0.3, 0.4) is 0 Å². The summed E-state index contributed by atoms with van der Waals surface area (Å²) in [7, 11) is 0. The lowest BCUT2D eigenvalue weighted by Gasteiger charge is -2.21. The zero-order valence-corrected chi connectivity index (χ0v) is 17.5. The summed E-state index contributed by atoms with van der Waals surface area (Å²) >= 11 is 0. The SMILES string of the molecule is Oc1ccc(-c2ccc(CN3Cc4nc(-c5ccccc5F)[nH]c4C=N3)cn2)c(C(F)(F)F)c1. The number of phenolic OH excluding ortho intramolecular Hbond substituents is 1. The molecule has 2 aromatic carbocycles. The van der Waals surface area contributed by atoms with E-state index in [1.54, 1.807) is 35.5 Å². The monoisotopic (exact) mass is 467 g/mol. The number of hydrazone groups is 1. The normalized spacial score (nSPS) is 13.2. The zero-order valence-electron chi connectivity index (χ0n) is 17.5. The lowest BCUT2D eigenvalue weighted by molar-refractivity contribution is -0.137. The standard InChI is InChI=1S/C24H17F4N5O/c25-19-4-2-1-3-17(19)23-31-21-11-30-33(13-22(21)32-23)12-14-5-8-20(29-10-14)16-7-6-15(34)9-18(16)24(26,27)28/h1-11,34H,12-13H2,(H,31,32). The van der Waals surface area contributed by atoms with E-state index in [2.05, 4.69) is 20.1 Å². The molecule has 1 aliphatic rings. The van der Waals surface area contributed by atoms with Crippen LogP contribution in [-0.4, -0.2) is 31.3 Å². The summed E-state index contributed by atoms with van der Waals surface area (Å²) in [4.78, 5) is 11.8. The van der Waals surface area contributed by atoms with Crippen molar-refractivity contribution in [1.82, 2.24) is 20.0 Å². The predicted molar refractivity (Wildman–Crippen MR) is 117 cm³/mol. The molecule has 0 amide bonds. The Kier molecular flexibility index (Phi) is 5.27. The van der Waals surface area contributed by atoms with Crippen molar-refractivity contribution >= 4 is 6.21 Å². The van der Waals surface area contributed by atoms with Crippen LogP contribution >= 0.6 is 0 Å². The third-order valence-corrected chi connectivity index (χ3v) is 5.40. The van der Waals surface area contributed by atoms with E-state index in [-0.39, 0.29) is 17.1 Å². The second-order valence-corrected chi connectivity index (χ2v) is 7.77. The third-order valence-electron chi connectivity index (χ3n) is 5.40. The molecule has 0 atom stereocenters. The van der Waals surface area contributed by atoms with E-state index in [1.165, 1.54) is 30.5 Å². The number of hydrogen-bond acceptors (Lipinski definition) is 5. The van der Waals surface area contributed by atoms with Gasteiger partial charge in [0.25, 0.3) is 0 Å². The molecule has 10 heteroatoms. The van der Waals surface area contributed by atoms with Crippen molar-refractivity contribution in [2.45, 2.75) is 19.3 Å². The molecule has 172 valence electrons. The van der Waals surface area contributed by atoms with Gasteiger partial charge in [-0.3, -0.25) is 9.99 Å². The van der Waals surface area contributed by atoms with E-state index < -0.39 is 17.5 Å². The molecule has 2 N–H and O–H groups in total. The van der Waals surface area contributed by atoms with Crippen molar-refractivity contribution in [2.75, 3.05) is 0 Å². The van der Waals surface area contributed by atoms with E-state index in [0.717, 1.165) is 5.56 Å². The van der Waals surface area contributed by atoms with Crippen LogP contribution in [0.2, 0.25) is 0 Å². The molecule has 0 aliphatic carbocycles. The van der Waals surface area contributed by atoms with E-state index in [4.69, 9.17) is 0 Å². The number of nitrogens with one attached hydrogen (secondary N) is 1. The van der Waals surface area contributed by atoms with Gasteiger partial charge in [-0.25, -0.2) is 9.37 Å². The first-order valence-corrected chi connectivity index (χ1v) is 10.3. The number of imidazole rings is 1. The number of alkyl halides is 3. The van der Waals surface area contributed by atoms with Gasteiger partial charge < -0.3 is 10.1 Å². The van der Waals surface area contributed by atoms with Crippen molar-refractivity contribution in [3.05, 3.63) is 89.1 Å². The predicted octanol–water partition coefficient (Wildman–Crippen LogP) is 5.35. The van der Waals surface area contributed by atoms with Gasteiger partial charge in [0.05, 0.1) is 47.5 Å². The van der Waals surface area contributed by atoms with Crippen LogP contribution in [0, 0.1) is 5.82 Å². The largest absolute Gasteiger partial charge is 0.508 e. The van der Waals surface area contributed by atoms with Crippen molar-refractivity contribution in [1.29, 1.82) is 0 Å². The van der Waals surface area contributed by atoms with E-state index in [9.17, 15) is 22.7 Å². The topological polar surface area (TPSA) is 77.4 Å². The number of nitrogens with zero attached hydrogens (tertiary/aromatic N) is 4. The minimum absolute atomic E-state index is 0.116. The molecular formula is C24H17F4N5O. The molecule has 2 aromatic heterocycles. The van der Waals surface area contributed by atoms with Gasteiger partial charge in [-0.05, 0) is 42.0 Å². The first-order chi connectivity index (χ1) is 16.3. The molecule has 0 spiro atoms. The Morgan fingerprint density at radius 3 is 2.59 bits per heavy atom. The van der Waals surface area contributed by atoms with Gasteiger partial charge in [-0.2, -0.15) is 18.3 Å². The fraction of sp³-hybridized carbons (Fsp3) is 0.125. The summed E-state index contributed by atoms with van der Waals surface area (Å²) in [6.07, 6.45) is -1.54. The summed E-state index contributed by atoms with van der Waals surface area (Å²) in [5, 5.41) is 15.6. The number of pyridine rings is 1. The van der Waals surface area contributed by atoms with Gasteiger partial charge >= 0.3 is 6.18 Å². The molecular weight excluding hydrogens is 450 g/mol. The number of benzene rings is 2. The molecule has 0 bridgehead atoms. The van der Waals surface area contributed by atoms with Crippen LogP contribution in [0.15, 0.2) is 65.9 Å². The fourth-order valence-corrected chi connectivity index (χ4v) is 3.76. The number of aromatic amines is 1. The first-order valence-electron chi connectivity index (χ1n) is 10.3. The smallest absolute Gasteiger partial charge is 0.417 e. The zero-order chi connectivity index (χ0) is 23.9. The van der Waals surface area contributed by atoms with Gasteiger partial charge in [0.2, 0.25) is 0 Å². The quantitative estimate of drug-likeness (QED) is 0.397. The van der Waals surface area contributed by atoms with Crippen LogP contribution in [0.25, 0.3) is 22.6 Å². The van der Waals surface area contributed by atoms with Gasteiger partial charge in [0.15, 0.2) is 0 Å². The number of fused-ring (bicyclic) bond motifs is 1. The van der Waals surface area contributed by atoms with Gasteiger partial charge in [0, 0.05) is 11.8 Å². The minimum Gasteiger partial charge on any atom is -0.508 e. The van der Waals surface area contributed by atoms with Crippen LogP contribution in [0.1, 0.15) is 22.5 Å². The number of aromatic hydroxyl groups is 1. The second-order valence-electron chi connectivity index (χ2n) is 7.77. The molecule has 5 rings (SSSR count). The van der Waals surface area contributed by atoms with Gasteiger partial charge in [0.1, 0.15) is 17.4 Å². The summed E-state index contributed by atoms with van der Waals surface area (Å²) in [6.45, 7) is 0.724. The number of rotatable bonds is 4. The fourth-order valence-electron chi connectivity index (χ4n) is 3.76. The van der Waals surface area contributed by atoms with Crippen molar-refractivity contribution in [3.63, 3.8) is 0 Å². The van der Waals surface area contributed by atoms with Gasteiger partial charge in [-0.1, -0.05) is 18.2 Å². The lowest BCUT2D eigenvalue weighted by atomic mass is 10.0. The summed E-state index contributed by atoms with van der Waals surface area (Å²) in [5.41, 5.74) is 1.57. The second kappa shape index (κ2) is 8.29. The number of hydrogen-bond donors (Lipinski definition) is 2. The summed E-state index contributed by atoms with van der Waals surface area (Å²) in [6, 6.07) is 12.6. The molecule has 0 unspecified atom stereocenters. The maximum absolute atomic E-state index is 14.1. The molecule has 0 fully saturated rings.